The maximum absolute atomic E-state index is 14.6. The molecule has 1 aliphatic rings. The molecule has 0 spiro atoms. The number of aromatic amines is 1. The van der Waals surface area contributed by atoms with E-state index >= 15 is 0 Å². The van der Waals surface area contributed by atoms with E-state index in [-0.39, 0.29) is 127 Å². The van der Waals surface area contributed by atoms with Gasteiger partial charge in [-0.3, -0.25) is 53.6 Å². The van der Waals surface area contributed by atoms with Gasteiger partial charge in [0.15, 0.2) is 11.2 Å². The summed E-state index contributed by atoms with van der Waals surface area (Å²) in [5, 5.41) is 23.1. The van der Waals surface area contributed by atoms with Crippen molar-refractivity contribution in [2.45, 2.75) is 199 Å². The Morgan fingerprint density at radius 1 is 0.730 bits per heavy atom. The van der Waals surface area contributed by atoms with Crippen molar-refractivity contribution >= 4 is 100 Å². The first-order valence-corrected chi connectivity index (χ1v) is 41.9. The molecule has 0 saturated carbocycles. The summed E-state index contributed by atoms with van der Waals surface area (Å²) in [6.45, 7) is 16.8. The van der Waals surface area contributed by atoms with E-state index in [0.717, 1.165) is 54.3 Å². The summed E-state index contributed by atoms with van der Waals surface area (Å²) in [6.07, 6.45) is 0.898. The van der Waals surface area contributed by atoms with Crippen LogP contribution in [0.2, 0.25) is 0 Å². The molecule has 0 aliphatic carbocycles. The van der Waals surface area contributed by atoms with Gasteiger partial charge in [-0.15, -0.1) is 0 Å². The fraction of sp³-hybridized carbons (Fsp3) is 0.519. The number of H-pyrrole nitrogens is 1. The number of alkyl halides is 3. The molecular weight excluding hydrogens is 1550 g/mol. The van der Waals surface area contributed by atoms with E-state index in [0.29, 0.717) is 99.6 Å². The summed E-state index contributed by atoms with van der Waals surface area (Å²) >= 11 is 0. The number of hydrogen-bond acceptors (Lipinski definition) is 22. The van der Waals surface area contributed by atoms with Crippen LogP contribution >= 0.6 is 30.1 Å². The maximum atomic E-state index is 14.6. The van der Waals surface area contributed by atoms with E-state index in [1.54, 1.807) is 49.7 Å². The van der Waals surface area contributed by atoms with Crippen molar-refractivity contribution < 1.29 is 79.5 Å². The van der Waals surface area contributed by atoms with Crippen molar-refractivity contribution in [3.8, 4) is 17.6 Å². The molecule has 115 heavy (non-hydrogen) atoms. The minimum atomic E-state index is -5.36. The zero-order valence-electron chi connectivity index (χ0n) is 67.1. The van der Waals surface area contributed by atoms with Crippen LogP contribution in [0.15, 0.2) is 114 Å². The van der Waals surface area contributed by atoms with Crippen molar-refractivity contribution in [3.05, 3.63) is 148 Å². The Kier molecular flexibility index (Phi) is 37.0. The van der Waals surface area contributed by atoms with Crippen molar-refractivity contribution in [2.24, 2.45) is 5.92 Å². The number of benzene rings is 4. The van der Waals surface area contributed by atoms with Gasteiger partial charge in [-0.05, 0) is 152 Å². The first-order chi connectivity index (χ1) is 54.9. The smallest absolute Gasteiger partial charge is 0.471 e. The van der Waals surface area contributed by atoms with Crippen LogP contribution in [0, 0.1) is 17.2 Å². The van der Waals surface area contributed by atoms with Gasteiger partial charge in [0.2, 0.25) is 35.5 Å². The fourth-order valence-electron chi connectivity index (χ4n) is 12.7. The number of hydrogen-bond donors (Lipinski definition) is 6. The van der Waals surface area contributed by atoms with Crippen LogP contribution in [0.5, 0.6) is 11.5 Å². The van der Waals surface area contributed by atoms with Crippen LogP contribution in [0.4, 0.5) is 24.8 Å². The first-order valence-electron chi connectivity index (χ1n) is 38.5. The van der Waals surface area contributed by atoms with Gasteiger partial charge >= 0.3 is 18.1 Å². The summed E-state index contributed by atoms with van der Waals surface area (Å²) in [5.41, 5.74) is -0.631. The lowest BCUT2D eigenvalue weighted by molar-refractivity contribution is -0.170. The van der Waals surface area contributed by atoms with Gasteiger partial charge in [0.1, 0.15) is 23.1 Å². The van der Waals surface area contributed by atoms with Crippen molar-refractivity contribution in [2.75, 3.05) is 76.7 Å². The average molecular weight is 1650 g/mol. The largest absolute Gasteiger partial charge is 0.497 e. The van der Waals surface area contributed by atoms with Gasteiger partial charge < -0.3 is 54.2 Å². The molecule has 1 fully saturated rings. The number of nitriles is 1. The van der Waals surface area contributed by atoms with Gasteiger partial charge in [0.25, 0.3) is 20.0 Å². The number of carbonyl (C=O) groups excluding carboxylic acids is 8. The molecule has 2 aromatic heterocycles. The Balaban J connectivity index is 0.787. The second-order valence-electron chi connectivity index (χ2n) is 29.0. The number of nitrogens with zero attached hydrogens (tertiary/aromatic N) is 7. The summed E-state index contributed by atoms with van der Waals surface area (Å²) in [7, 11) is 6.01. The molecule has 6 aromatic rings. The molecule has 4 aromatic carbocycles. The summed E-state index contributed by atoms with van der Waals surface area (Å²) < 4.78 is 80.4. The Hall–Kier alpha value is -9.29. The fourth-order valence-corrected chi connectivity index (χ4v) is 16.9. The molecule has 4 atom stereocenters. The topological polar surface area (TPSA) is 357 Å². The first kappa shape index (κ1) is 92.9. The number of carbonyl (C=O) groups is 8. The number of unbranched alkanes of at least 4 members (excludes halogenated alkanes) is 4. The average Bonchev–Trinajstić information content (AvgIpc) is 1.34. The molecule has 1 saturated heterocycles. The molecule has 3 heterocycles. The monoisotopic (exact) mass is 1650 g/mol. The van der Waals surface area contributed by atoms with Crippen molar-refractivity contribution in [1.29, 1.82) is 5.26 Å². The van der Waals surface area contributed by atoms with Crippen LogP contribution in [-0.4, -0.2) is 184 Å². The standard InChI is InChI=1S/C81H107F3N13O15PS2/c1-53(2)73(102)93-78-92-72-71(75(104)94-78)90-60(49-89-72)50-96(77(106)81(82,83)84)61-32-26-56(27-33-61)74(103)91-66(76(105)109-11)38-39-68(99)86-43-19-13-17-24-67(98)88-45-47-114-115-79(7,8)41-40-69(100)87-44-20-14-18-25-70(101)95-51-65(112-113(111-46-21-42-85)97(54(3)4)55(5)6)48-62(95)52-110-80(57-22-15-12-16-23-57,58-28-34-63(107-9)35-29-58)59-30-36-64(108-10)37-31-59/h12,15-16,22-23,26-37,49,53-55,62,65-66H,13-14,17-21,24-25,38-41,43-48,50-52H2,1-11H3,(H,86,99)(H,87,100)(H,88,98)(H,91,103)(H2,89,92,93,94,102,104)/t62-,65+,66-,113?/m0/s1. The van der Waals surface area contributed by atoms with Gasteiger partial charge in [0.05, 0.1) is 77.6 Å². The predicted molar refractivity (Wildman–Crippen MR) is 435 cm³/mol. The highest BCUT2D eigenvalue weighted by atomic mass is 33.1. The minimum Gasteiger partial charge on any atom is -0.497 e. The van der Waals surface area contributed by atoms with Crippen molar-refractivity contribution in [1.82, 2.24) is 50.8 Å². The van der Waals surface area contributed by atoms with E-state index in [1.165, 1.54) is 0 Å². The third-order valence-electron chi connectivity index (χ3n) is 18.7. The van der Waals surface area contributed by atoms with Crippen LogP contribution in [0.25, 0.3) is 11.2 Å². The Morgan fingerprint density at radius 3 is 1.90 bits per heavy atom. The van der Waals surface area contributed by atoms with Crippen molar-refractivity contribution in [3.63, 3.8) is 0 Å². The molecule has 6 N–H and O–H groups in total. The second kappa shape index (κ2) is 45.9. The summed E-state index contributed by atoms with van der Waals surface area (Å²) in [4.78, 5) is 134. The molecule has 34 heteroatoms. The number of nitrogens with one attached hydrogen (secondary N) is 6. The highest BCUT2D eigenvalue weighted by molar-refractivity contribution is 8.77. The van der Waals surface area contributed by atoms with Gasteiger partial charge in [-0.25, -0.2) is 19.4 Å². The minimum absolute atomic E-state index is 0.0263. The SMILES string of the molecule is COC(=O)[C@H](CCC(=O)NCCCCCC(=O)NCCSSC(C)(C)CCC(=O)NCCCCCC(=O)N1C[C@H](OP(OCCC#N)N(C(C)C)C(C)C)C[C@H]1COC(c1ccccc1)(c1ccc(OC)cc1)c1ccc(OC)cc1)NC(=O)c1ccc(N(Cc2cnc3nc(NC(=O)C(C)C)[nH]c(=O)c3n2)C(=O)C(F)(F)F)cc1. The number of likely N-dealkylation sites (tertiary alicyclic amines) is 1. The molecular formula is C81H107F3N13O15PS2. The predicted octanol–water partition coefficient (Wildman–Crippen LogP) is 12.2. The lowest BCUT2D eigenvalue weighted by Crippen LogP contribution is -2.42. The number of esters is 1. The molecule has 624 valence electrons. The number of amides is 7. The normalized spacial score (nSPS) is 14.3. The zero-order chi connectivity index (χ0) is 83.8. The highest BCUT2D eigenvalue weighted by Crippen LogP contribution is 2.49. The maximum Gasteiger partial charge on any atom is 0.471 e. The van der Waals surface area contributed by atoms with E-state index in [1.807, 2.05) is 83.8 Å². The van der Waals surface area contributed by atoms with E-state index in [9.17, 15) is 61.6 Å². The third kappa shape index (κ3) is 28.5. The second-order valence-corrected chi connectivity index (χ2v) is 33.5. The number of rotatable bonds is 47. The Labute approximate surface area is 678 Å². The number of ether oxygens (including phenoxy) is 4. The molecule has 0 radical (unpaired) electrons. The van der Waals surface area contributed by atoms with Crippen LogP contribution in [0.1, 0.15) is 178 Å². The summed E-state index contributed by atoms with van der Waals surface area (Å²) in [6, 6.07) is 30.7. The lowest BCUT2D eigenvalue weighted by Gasteiger charge is -2.38. The van der Waals surface area contributed by atoms with E-state index in [2.05, 4.69) is 98.8 Å². The molecule has 1 aliphatic heterocycles. The molecule has 7 rings (SSSR count). The molecule has 28 nitrogen and oxygen atoms in total. The Bertz CT molecular complexity index is 4220. The number of methoxy groups -OCH3 is 3. The third-order valence-corrected chi connectivity index (χ3v) is 24.3. The van der Waals surface area contributed by atoms with Crippen LogP contribution < -0.4 is 46.5 Å². The summed E-state index contributed by atoms with van der Waals surface area (Å²) in [5.74, 6) is -3.70. The quantitative estimate of drug-likeness (QED) is 0.00679. The highest BCUT2D eigenvalue weighted by Gasteiger charge is 2.45. The number of anilines is 2. The number of aromatic nitrogens is 4. The zero-order valence-corrected chi connectivity index (χ0v) is 69.6. The van der Waals surface area contributed by atoms with Crippen LogP contribution in [-0.2, 0) is 64.2 Å². The van der Waals surface area contributed by atoms with E-state index in [4.69, 9.17) is 28.0 Å². The molecule has 7 amide bonds. The molecule has 1 unspecified atom stereocenters. The number of halogens is 3. The van der Waals surface area contributed by atoms with Gasteiger partial charge in [-0.1, -0.05) is 103 Å². The van der Waals surface area contributed by atoms with Crippen LogP contribution in [0.3, 0.4) is 0 Å². The van der Waals surface area contributed by atoms with Gasteiger partial charge in [0, 0.05) is 91.6 Å². The van der Waals surface area contributed by atoms with E-state index < -0.39 is 80.1 Å². The lowest BCUT2D eigenvalue weighted by atomic mass is 9.80. The van der Waals surface area contributed by atoms with Gasteiger partial charge in [-0.2, -0.15) is 23.4 Å². The Morgan fingerprint density at radius 2 is 1.32 bits per heavy atom. The number of fused-ring (bicyclic) bond motifs is 1. The molecule has 0 bridgehead atoms.